The van der Waals surface area contributed by atoms with E-state index < -0.39 is 11.7 Å². The van der Waals surface area contributed by atoms with Crippen LogP contribution in [0.2, 0.25) is 0 Å². The van der Waals surface area contributed by atoms with Crippen molar-refractivity contribution in [1.29, 1.82) is 0 Å². The number of aromatic nitrogens is 1. The van der Waals surface area contributed by atoms with E-state index >= 15 is 0 Å². The molecule has 2 heterocycles. The summed E-state index contributed by atoms with van der Waals surface area (Å²) in [7, 11) is 0. The highest BCUT2D eigenvalue weighted by molar-refractivity contribution is 5.82. The summed E-state index contributed by atoms with van der Waals surface area (Å²) in [6, 6.07) is 9.02. The molecule has 2 aromatic rings. The lowest BCUT2D eigenvalue weighted by atomic mass is 10.1. The number of pyridine rings is 1. The van der Waals surface area contributed by atoms with Crippen molar-refractivity contribution >= 4 is 11.7 Å². The summed E-state index contributed by atoms with van der Waals surface area (Å²) >= 11 is 0. The van der Waals surface area contributed by atoms with Gasteiger partial charge in [0.1, 0.15) is 5.82 Å². The van der Waals surface area contributed by atoms with Gasteiger partial charge in [0.15, 0.2) is 0 Å². The first kappa shape index (κ1) is 18.8. The monoisotopic (exact) mass is 389 g/mol. The van der Waals surface area contributed by atoms with Crippen molar-refractivity contribution in [3.8, 4) is 0 Å². The summed E-state index contributed by atoms with van der Waals surface area (Å²) in [6.45, 7) is 2.46. The second kappa shape index (κ2) is 7.45. The number of hydrogen-bond donors (Lipinski definition) is 1. The van der Waals surface area contributed by atoms with Crippen LogP contribution in [0.4, 0.5) is 19.0 Å². The standard InChI is InChI=1S/C21H22F3N3O/c22-21(23,24)16-5-3-15(4-6-16)17-12-18(17)20(28)26-13-14-7-8-25-19(11-14)27-9-1-2-10-27/h3-8,11,17-18H,1-2,9-10,12-13H2,(H,26,28). The minimum absolute atomic E-state index is 0.000107. The second-order valence-corrected chi connectivity index (χ2v) is 7.50. The van der Waals surface area contributed by atoms with Gasteiger partial charge in [-0.1, -0.05) is 12.1 Å². The molecule has 2 atom stereocenters. The Morgan fingerprint density at radius 3 is 2.54 bits per heavy atom. The highest BCUT2D eigenvalue weighted by Gasteiger charge is 2.44. The van der Waals surface area contributed by atoms with E-state index in [-0.39, 0.29) is 17.7 Å². The van der Waals surface area contributed by atoms with Gasteiger partial charge in [-0.2, -0.15) is 13.2 Å². The Hall–Kier alpha value is -2.57. The first-order chi connectivity index (χ1) is 13.4. The minimum atomic E-state index is -4.34. The molecule has 2 aliphatic rings. The molecule has 7 heteroatoms. The van der Waals surface area contributed by atoms with Crippen LogP contribution < -0.4 is 10.2 Å². The Morgan fingerprint density at radius 1 is 1.14 bits per heavy atom. The number of rotatable bonds is 5. The molecule has 0 radical (unpaired) electrons. The molecule has 4 nitrogen and oxygen atoms in total. The lowest BCUT2D eigenvalue weighted by Gasteiger charge is -2.17. The Bertz CT molecular complexity index is 845. The number of carbonyl (C=O) groups excluding carboxylic acids is 1. The maximum atomic E-state index is 12.7. The van der Waals surface area contributed by atoms with E-state index in [1.54, 1.807) is 6.20 Å². The highest BCUT2D eigenvalue weighted by Crippen LogP contribution is 2.48. The third-order valence-corrected chi connectivity index (χ3v) is 5.50. The highest BCUT2D eigenvalue weighted by atomic mass is 19.4. The van der Waals surface area contributed by atoms with Gasteiger partial charge in [-0.25, -0.2) is 4.98 Å². The van der Waals surface area contributed by atoms with Crippen molar-refractivity contribution in [2.45, 2.75) is 37.9 Å². The predicted octanol–water partition coefficient (Wildman–Crippen LogP) is 4.12. The maximum absolute atomic E-state index is 12.7. The van der Waals surface area contributed by atoms with E-state index in [0.717, 1.165) is 42.2 Å². The molecule has 148 valence electrons. The van der Waals surface area contributed by atoms with Crippen LogP contribution in [0, 0.1) is 5.92 Å². The van der Waals surface area contributed by atoms with Crippen molar-refractivity contribution in [1.82, 2.24) is 10.3 Å². The largest absolute Gasteiger partial charge is 0.416 e. The second-order valence-electron chi connectivity index (χ2n) is 7.50. The zero-order chi connectivity index (χ0) is 19.7. The van der Waals surface area contributed by atoms with Crippen molar-refractivity contribution in [3.05, 3.63) is 59.3 Å². The molecule has 1 aliphatic carbocycles. The number of halogens is 3. The van der Waals surface area contributed by atoms with Crippen molar-refractivity contribution in [2.75, 3.05) is 18.0 Å². The normalized spacial score (nSPS) is 21.6. The molecule has 1 aliphatic heterocycles. The van der Waals surface area contributed by atoms with Crippen LogP contribution in [0.1, 0.15) is 41.9 Å². The maximum Gasteiger partial charge on any atom is 0.416 e. The lowest BCUT2D eigenvalue weighted by molar-refractivity contribution is -0.137. The molecule has 1 saturated heterocycles. The van der Waals surface area contributed by atoms with Gasteiger partial charge in [0, 0.05) is 31.7 Å². The Labute approximate surface area is 161 Å². The number of nitrogens with one attached hydrogen (secondary N) is 1. The molecule has 0 spiro atoms. The van der Waals surface area contributed by atoms with Gasteiger partial charge < -0.3 is 10.2 Å². The summed E-state index contributed by atoms with van der Waals surface area (Å²) < 4.78 is 38.0. The molecule has 4 rings (SSSR count). The quantitative estimate of drug-likeness (QED) is 0.837. The van der Waals surface area contributed by atoms with E-state index in [4.69, 9.17) is 0 Å². The first-order valence-corrected chi connectivity index (χ1v) is 9.56. The van der Waals surface area contributed by atoms with Crippen molar-refractivity contribution in [3.63, 3.8) is 0 Å². The van der Waals surface area contributed by atoms with Gasteiger partial charge in [0.25, 0.3) is 0 Å². The fourth-order valence-electron chi connectivity index (χ4n) is 3.78. The Morgan fingerprint density at radius 2 is 1.86 bits per heavy atom. The summed E-state index contributed by atoms with van der Waals surface area (Å²) in [5.74, 6) is 0.722. The number of benzene rings is 1. The molecule has 1 aromatic carbocycles. The van der Waals surface area contributed by atoms with Crippen LogP contribution in [-0.4, -0.2) is 24.0 Å². The molecule has 1 N–H and O–H groups in total. The molecule has 0 bridgehead atoms. The Balaban J connectivity index is 1.31. The van der Waals surface area contributed by atoms with Crippen LogP contribution in [0.15, 0.2) is 42.6 Å². The Kier molecular flexibility index (Phi) is 5.00. The third kappa shape index (κ3) is 4.13. The van der Waals surface area contributed by atoms with E-state index in [1.807, 2.05) is 12.1 Å². The van der Waals surface area contributed by atoms with Gasteiger partial charge in [0.05, 0.1) is 5.56 Å². The average molecular weight is 389 g/mol. The molecular weight excluding hydrogens is 367 g/mol. The first-order valence-electron chi connectivity index (χ1n) is 9.56. The third-order valence-electron chi connectivity index (χ3n) is 5.50. The predicted molar refractivity (Wildman–Crippen MR) is 99.8 cm³/mol. The summed E-state index contributed by atoms with van der Waals surface area (Å²) in [5, 5.41) is 2.95. The van der Waals surface area contributed by atoms with E-state index in [0.29, 0.717) is 13.0 Å². The van der Waals surface area contributed by atoms with Crippen molar-refractivity contribution < 1.29 is 18.0 Å². The summed E-state index contributed by atoms with van der Waals surface area (Å²) in [4.78, 5) is 19.1. The fourth-order valence-corrected chi connectivity index (χ4v) is 3.78. The van der Waals surface area contributed by atoms with Crippen molar-refractivity contribution in [2.24, 2.45) is 5.92 Å². The van der Waals surface area contributed by atoms with Crippen LogP contribution in [0.3, 0.4) is 0 Å². The molecule has 2 fully saturated rings. The molecule has 28 heavy (non-hydrogen) atoms. The van der Waals surface area contributed by atoms with E-state index in [2.05, 4.69) is 15.2 Å². The van der Waals surface area contributed by atoms with Crippen LogP contribution in [0.5, 0.6) is 0 Å². The topological polar surface area (TPSA) is 45.2 Å². The number of hydrogen-bond acceptors (Lipinski definition) is 3. The van der Waals surface area contributed by atoms with Gasteiger partial charge in [-0.3, -0.25) is 4.79 Å². The number of alkyl halides is 3. The number of anilines is 1. The minimum Gasteiger partial charge on any atom is -0.357 e. The fraction of sp³-hybridized carbons (Fsp3) is 0.429. The van der Waals surface area contributed by atoms with Gasteiger partial charge >= 0.3 is 6.18 Å². The molecule has 1 aromatic heterocycles. The smallest absolute Gasteiger partial charge is 0.357 e. The zero-order valence-electron chi connectivity index (χ0n) is 15.4. The van der Waals surface area contributed by atoms with E-state index in [9.17, 15) is 18.0 Å². The lowest BCUT2D eigenvalue weighted by Crippen LogP contribution is -2.25. The molecule has 1 amide bonds. The van der Waals surface area contributed by atoms with Crippen LogP contribution in [0.25, 0.3) is 0 Å². The van der Waals surface area contributed by atoms with Crippen LogP contribution >= 0.6 is 0 Å². The summed E-state index contributed by atoms with van der Waals surface area (Å²) in [5.41, 5.74) is 1.12. The van der Waals surface area contributed by atoms with Gasteiger partial charge in [-0.15, -0.1) is 0 Å². The molecule has 2 unspecified atom stereocenters. The molecule has 1 saturated carbocycles. The zero-order valence-corrected chi connectivity index (χ0v) is 15.4. The molecular formula is C21H22F3N3O. The van der Waals surface area contributed by atoms with Gasteiger partial charge in [-0.05, 0) is 60.6 Å². The summed E-state index contributed by atoms with van der Waals surface area (Å²) in [6.07, 6.45) is 0.451. The number of carbonyl (C=O) groups is 1. The van der Waals surface area contributed by atoms with Crippen LogP contribution in [-0.2, 0) is 17.5 Å². The number of nitrogens with zero attached hydrogens (tertiary/aromatic N) is 2. The van der Waals surface area contributed by atoms with E-state index in [1.165, 1.54) is 25.0 Å². The SMILES string of the molecule is O=C(NCc1ccnc(N2CCCC2)c1)C1CC1c1ccc(C(F)(F)F)cc1. The van der Waals surface area contributed by atoms with Gasteiger partial charge in [0.2, 0.25) is 5.91 Å². The average Bonchev–Trinajstić information content (AvgIpc) is 3.30. The number of amides is 1.